The van der Waals surface area contributed by atoms with Crippen molar-refractivity contribution in [2.45, 2.75) is 44.2 Å². The van der Waals surface area contributed by atoms with Crippen LogP contribution in [0.3, 0.4) is 0 Å². The molecule has 0 aliphatic carbocycles. The van der Waals surface area contributed by atoms with Crippen LogP contribution in [0.25, 0.3) is 5.65 Å². The number of piperidine rings is 2. The summed E-state index contributed by atoms with van der Waals surface area (Å²) in [6.45, 7) is 5.64. The van der Waals surface area contributed by atoms with E-state index in [-0.39, 0.29) is 30.4 Å². The lowest BCUT2D eigenvalue weighted by Gasteiger charge is -2.38. The van der Waals surface area contributed by atoms with Crippen molar-refractivity contribution in [2.75, 3.05) is 26.2 Å². The van der Waals surface area contributed by atoms with Crippen LogP contribution in [-0.2, 0) is 13.1 Å². The maximum Gasteiger partial charge on any atom is 0.255 e. The molecule has 3 aromatic heterocycles. The van der Waals surface area contributed by atoms with Gasteiger partial charge in [0.2, 0.25) is 0 Å². The molecule has 3 aliphatic rings. The molecule has 172 valence electrons. The van der Waals surface area contributed by atoms with E-state index >= 15 is 0 Å². The fourth-order valence-corrected chi connectivity index (χ4v) is 5.68. The Labute approximate surface area is 200 Å². The van der Waals surface area contributed by atoms with Gasteiger partial charge in [0.25, 0.3) is 5.56 Å². The number of nitrogens with zero attached hydrogens (tertiary/aromatic N) is 5. The minimum atomic E-state index is 0. The number of pyridine rings is 2. The lowest BCUT2D eigenvalue weighted by Crippen LogP contribution is -2.45. The topological polar surface area (TPSA) is 67.5 Å². The third-order valence-electron chi connectivity index (χ3n) is 7.27. The normalized spacial score (nSPS) is 23.2. The van der Waals surface area contributed by atoms with Gasteiger partial charge in [-0.15, -0.1) is 35.0 Å². The fourth-order valence-electron chi connectivity index (χ4n) is 5.68. The first-order chi connectivity index (χ1) is 14.8. The van der Waals surface area contributed by atoms with Crippen LogP contribution >= 0.6 is 24.8 Å². The van der Waals surface area contributed by atoms with E-state index in [0.717, 1.165) is 69.1 Å². The molecule has 2 bridgehead atoms. The molecule has 2 atom stereocenters. The smallest absolute Gasteiger partial charge is 0.255 e. The third-order valence-corrected chi connectivity index (χ3v) is 7.27. The van der Waals surface area contributed by atoms with Crippen LogP contribution in [0.2, 0.25) is 0 Å². The van der Waals surface area contributed by atoms with Crippen LogP contribution in [0.15, 0.2) is 41.3 Å². The molecule has 9 heteroatoms. The maximum atomic E-state index is 13.2. The molecule has 0 aromatic carbocycles. The van der Waals surface area contributed by atoms with Crippen LogP contribution < -0.4 is 10.9 Å². The zero-order valence-corrected chi connectivity index (χ0v) is 19.7. The zero-order chi connectivity index (χ0) is 20.1. The van der Waals surface area contributed by atoms with Gasteiger partial charge in [0.1, 0.15) is 5.82 Å². The summed E-state index contributed by atoms with van der Waals surface area (Å²) in [6, 6.07) is 10.3. The van der Waals surface area contributed by atoms with Crippen LogP contribution in [0.4, 0.5) is 0 Å². The van der Waals surface area contributed by atoms with Gasteiger partial charge in [-0.1, -0.05) is 12.1 Å². The first-order valence-electron chi connectivity index (χ1n) is 11.2. The Balaban J connectivity index is 0.00000122. The van der Waals surface area contributed by atoms with Crippen LogP contribution in [0.5, 0.6) is 0 Å². The van der Waals surface area contributed by atoms with Crippen LogP contribution in [0, 0.1) is 5.92 Å². The highest BCUT2D eigenvalue weighted by atomic mass is 35.5. The zero-order valence-electron chi connectivity index (χ0n) is 18.0. The largest absolute Gasteiger partial charge is 0.316 e. The molecule has 1 N–H and O–H groups in total. The Morgan fingerprint density at radius 3 is 2.69 bits per heavy atom. The monoisotopic (exact) mass is 476 g/mol. The van der Waals surface area contributed by atoms with E-state index in [1.54, 1.807) is 0 Å². The molecule has 0 radical (unpaired) electrons. The fraction of sp³-hybridized carbons (Fsp3) is 0.522. The SMILES string of the molecule is Cl.Cl.O=c1c(CN2CCC(c3nnc4ccccn34)CC2)ccc2n1C[C@@H]1CNC[C@H]2C1. The molecule has 32 heavy (non-hydrogen) atoms. The lowest BCUT2D eigenvalue weighted by molar-refractivity contribution is 0.199. The molecular weight excluding hydrogens is 447 g/mol. The van der Waals surface area contributed by atoms with E-state index in [4.69, 9.17) is 0 Å². The summed E-state index contributed by atoms with van der Waals surface area (Å²) in [5, 5.41) is 12.3. The Bertz CT molecular complexity index is 1140. The van der Waals surface area contributed by atoms with Crippen molar-refractivity contribution in [3.05, 3.63) is 64.0 Å². The van der Waals surface area contributed by atoms with Crippen LogP contribution in [0.1, 0.15) is 48.2 Å². The molecule has 6 heterocycles. The summed E-state index contributed by atoms with van der Waals surface area (Å²) in [5.41, 5.74) is 3.31. The highest BCUT2D eigenvalue weighted by Crippen LogP contribution is 2.32. The summed E-state index contributed by atoms with van der Waals surface area (Å²) in [5.74, 6) is 2.58. The van der Waals surface area contributed by atoms with Gasteiger partial charge in [-0.2, -0.15) is 0 Å². The van der Waals surface area contributed by atoms with Crippen molar-refractivity contribution in [2.24, 2.45) is 5.92 Å². The predicted octanol–water partition coefficient (Wildman–Crippen LogP) is 2.82. The van der Waals surface area contributed by atoms with Crippen molar-refractivity contribution in [3.63, 3.8) is 0 Å². The summed E-state index contributed by atoms with van der Waals surface area (Å²) >= 11 is 0. The average Bonchev–Trinajstić information content (AvgIpc) is 3.21. The summed E-state index contributed by atoms with van der Waals surface area (Å²) in [4.78, 5) is 15.6. The summed E-state index contributed by atoms with van der Waals surface area (Å²) in [7, 11) is 0. The van der Waals surface area contributed by atoms with E-state index in [1.807, 2.05) is 18.2 Å². The number of likely N-dealkylation sites (tertiary alicyclic amines) is 1. The lowest BCUT2D eigenvalue weighted by atomic mass is 9.84. The minimum Gasteiger partial charge on any atom is -0.316 e. The van der Waals surface area contributed by atoms with Gasteiger partial charge >= 0.3 is 0 Å². The van der Waals surface area contributed by atoms with Gasteiger partial charge < -0.3 is 9.88 Å². The Hall–Kier alpha value is -1.93. The van der Waals surface area contributed by atoms with E-state index in [9.17, 15) is 4.79 Å². The number of nitrogens with one attached hydrogen (secondary N) is 1. The molecular formula is C23H30Cl2N6O. The number of fused-ring (bicyclic) bond motifs is 5. The van der Waals surface area contributed by atoms with Crippen molar-refractivity contribution in [3.8, 4) is 0 Å². The molecule has 3 aromatic rings. The Kier molecular flexibility index (Phi) is 6.91. The molecule has 2 saturated heterocycles. The molecule has 3 aliphatic heterocycles. The van der Waals surface area contributed by atoms with E-state index in [1.165, 1.54) is 12.1 Å². The number of aromatic nitrogens is 4. The van der Waals surface area contributed by atoms with Crippen molar-refractivity contribution >= 4 is 30.5 Å². The minimum absolute atomic E-state index is 0. The highest BCUT2D eigenvalue weighted by molar-refractivity contribution is 5.85. The van der Waals surface area contributed by atoms with E-state index in [0.29, 0.717) is 17.8 Å². The summed E-state index contributed by atoms with van der Waals surface area (Å²) in [6.07, 6.45) is 5.38. The van der Waals surface area contributed by atoms with Gasteiger partial charge in [0.15, 0.2) is 5.65 Å². The Morgan fingerprint density at radius 1 is 1.00 bits per heavy atom. The number of halogens is 2. The first kappa shape index (κ1) is 23.2. The second kappa shape index (κ2) is 9.51. The number of rotatable bonds is 3. The number of hydrogen-bond donors (Lipinski definition) is 1. The van der Waals surface area contributed by atoms with Gasteiger partial charge in [0, 0.05) is 48.9 Å². The standard InChI is InChI=1S/C23H28N6O.2ClH/c30-23-18(4-5-20-19-11-16(12-24-13-19)14-29(20)23)15-27-9-6-17(7-10-27)22-26-25-21-3-1-2-8-28(21)22;;/h1-5,8,16-17,19,24H,6-7,9-15H2;2*1H/t16-,19+;;/m0../s1. The molecule has 2 fully saturated rings. The number of hydrogen-bond acceptors (Lipinski definition) is 5. The first-order valence-corrected chi connectivity index (χ1v) is 11.2. The van der Waals surface area contributed by atoms with E-state index < -0.39 is 0 Å². The quantitative estimate of drug-likeness (QED) is 0.629. The highest BCUT2D eigenvalue weighted by Gasteiger charge is 2.31. The van der Waals surface area contributed by atoms with Crippen molar-refractivity contribution < 1.29 is 0 Å². The Morgan fingerprint density at radius 2 is 1.84 bits per heavy atom. The van der Waals surface area contributed by atoms with E-state index in [2.05, 4.69) is 47.7 Å². The molecule has 0 spiro atoms. The van der Waals surface area contributed by atoms with Gasteiger partial charge in [-0.3, -0.25) is 14.1 Å². The average molecular weight is 477 g/mol. The third kappa shape index (κ3) is 4.07. The second-order valence-corrected chi connectivity index (χ2v) is 9.19. The van der Waals surface area contributed by atoms with Crippen molar-refractivity contribution in [1.29, 1.82) is 0 Å². The molecule has 7 nitrogen and oxygen atoms in total. The van der Waals surface area contributed by atoms with Crippen LogP contribution in [-0.4, -0.2) is 50.2 Å². The molecule has 6 rings (SSSR count). The van der Waals surface area contributed by atoms with Gasteiger partial charge in [0.05, 0.1) is 0 Å². The van der Waals surface area contributed by atoms with Gasteiger partial charge in [-0.05, 0) is 63.0 Å². The molecule has 0 amide bonds. The maximum absolute atomic E-state index is 13.2. The molecule has 0 saturated carbocycles. The second-order valence-electron chi connectivity index (χ2n) is 9.19. The molecule has 0 unspecified atom stereocenters. The van der Waals surface area contributed by atoms with Crippen molar-refractivity contribution in [1.82, 2.24) is 29.4 Å². The van der Waals surface area contributed by atoms with Gasteiger partial charge in [-0.25, -0.2) is 0 Å². The predicted molar refractivity (Wildman–Crippen MR) is 129 cm³/mol. The summed E-state index contributed by atoms with van der Waals surface area (Å²) < 4.78 is 4.19.